The number of unbranched alkanes of at least 4 members (excludes halogenated alkanes) is 6. The summed E-state index contributed by atoms with van der Waals surface area (Å²) >= 11 is 0. The first-order chi connectivity index (χ1) is 10.3. The van der Waals surface area contributed by atoms with Gasteiger partial charge in [-0.3, -0.25) is 4.79 Å². The lowest BCUT2D eigenvalue weighted by atomic mass is 10.1. The molecule has 4 heteroatoms. The lowest BCUT2D eigenvalue weighted by molar-refractivity contribution is 0.506. The summed E-state index contributed by atoms with van der Waals surface area (Å²) < 4.78 is 1.59. The molecule has 0 spiro atoms. The SMILES string of the molecule is CCCCCCCCCn1ncc(NCC2CC2)cc1=O. The molecule has 2 rings (SSSR count). The average Bonchev–Trinajstić information content (AvgIpc) is 3.30. The fourth-order valence-electron chi connectivity index (χ4n) is 2.50. The molecule has 1 heterocycles. The normalized spacial score (nSPS) is 14.3. The van der Waals surface area contributed by atoms with E-state index in [1.807, 2.05) is 0 Å². The summed E-state index contributed by atoms with van der Waals surface area (Å²) in [5.41, 5.74) is 0.879. The van der Waals surface area contributed by atoms with Gasteiger partial charge in [0.1, 0.15) is 0 Å². The van der Waals surface area contributed by atoms with Gasteiger partial charge in [-0.15, -0.1) is 0 Å². The molecule has 1 N–H and O–H groups in total. The van der Waals surface area contributed by atoms with Crippen molar-refractivity contribution in [2.24, 2.45) is 5.92 Å². The molecule has 118 valence electrons. The molecule has 1 fully saturated rings. The van der Waals surface area contributed by atoms with E-state index in [0.717, 1.165) is 31.1 Å². The third-order valence-corrected chi connectivity index (χ3v) is 4.13. The van der Waals surface area contributed by atoms with Gasteiger partial charge in [-0.05, 0) is 25.2 Å². The zero-order valence-corrected chi connectivity index (χ0v) is 13.3. The summed E-state index contributed by atoms with van der Waals surface area (Å²) in [4.78, 5) is 12.0. The first-order valence-corrected chi connectivity index (χ1v) is 8.60. The molecule has 0 unspecified atom stereocenters. The van der Waals surface area contributed by atoms with Crippen LogP contribution in [0.4, 0.5) is 5.69 Å². The van der Waals surface area contributed by atoms with Gasteiger partial charge >= 0.3 is 0 Å². The van der Waals surface area contributed by atoms with E-state index in [0.29, 0.717) is 0 Å². The molecule has 0 amide bonds. The maximum absolute atomic E-state index is 12.0. The summed E-state index contributed by atoms with van der Waals surface area (Å²) in [7, 11) is 0. The van der Waals surface area contributed by atoms with Gasteiger partial charge in [0, 0.05) is 19.2 Å². The minimum Gasteiger partial charge on any atom is -0.383 e. The second-order valence-electron chi connectivity index (χ2n) is 6.25. The topological polar surface area (TPSA) is 46.9 Å². The second kappa shape index (κ2) is 8.85. The molecular weight excluding hydrogens is 262 g/mol. The lowest BCUT2D eigenvalue weighted by Crippen LogP contribution is -2.23. The fraction of sp³-hybridized carbons (Fsp3) is 0.765. The van der Waals surface area contributed by atoms with Crippen molar-refractivity contribution < 1.29 is 0 Å². The van der Waals surface area contributed by atoms with E-state index in [2.05, 4.69) is 17.3 Å². The van der Waals surface area contributed by atoms with E-state index in [1.54, 1.807) is 16.9 Å². The van der Waals surface area contributed by atoms with Crippen molar-refractivity contribution >= 4 is 5.69 Å². The van der Waals surface area contributed by atoms with Gasteiger partial charge in [0.05, 0.1) is 11.9 Å². The number of anilines is 1. The minimum absolute atomic E-state index is 0.0155. The van der Waals surface area contributed by atoms with Crippen molar-refractivity contribution in [3.8, 4) is 0 Å². The van der Waals surface area contributed by atoms with Crippen LogP contribution in [0.2, 0.25) is 0 Å². The highest BCUT2D eigenvalue weighted by molar-refractivity contribution is 5.38. The highest BCUT2D eigenvalue weighted by Gasteiger charge is 2.20. The van der Waals surface area contributed by atoms with Crippen LogP contribution in [0.3, 0.4) is 0 Å². The molecule has 1 aliphatic rings. The van der Waals surface area contributed by atoms with Crippen LogP contribution in [-0.4, -0.2) is 16.3 Å². The van der Waals surface area contributed by atoms with E-state index < -0.39 is 0 Å². The van der Waals surface area contributed by atoms with Crippen LogP contribution in [-0.2, 0) is 6.54 Å². The first-order valence-electron chi connectivity index (χ1n) is 8.60. The molecule has 0 aliphatic heterocycles. The smallest absolute Gasteiger partial charge is 0.268 e. The van der Waals surface area contributed by atoms with Crippen LogP contribution in [0.25, 0.3) is 0 Å². The highest BCUT2D eigenvalue weighted by atomic mass is 16.1. The van der Waals surface area contributed by atoms with Gasteiger partial charge in [0.25, 0.3) is 5.56 Å². The van der Waals surface area contributed by atoms with Crippen LogP contribution in [0.15, 0.2) is 17.1 Å². The Morgan fingerprint density at radius 1 is 1.19 bits per heavy atom. The zero-order valence-electron chi connectivity index (χ0n) is 13.3. The lowest BCUT2D eigenvalue weighted by Gasteiger charge is -2.07. The summed E-state index contributed by atoms with van der Waals surface area (Å²) in [5.74, 6) is 0.806. The van der Waals surface area contributed by atoms with Crippen LogP contribution in [0.1, 0.15) is 64.7 Å². The summed E-state index contributed by atoms with van der Waals surface area (Å²) in [6.45, 7) is 3.96. The first kappa shape index (κ1) is 16.1. The Bertz CT molecular complexity index is 465. The van der Waals surface area contributed by atoms with E-state index in [-0.39, 0.29) is 5.56 Å². The molecule has 0 atom stereocenters. The Hall–Kier alpha value is -1.32. The van der Waals surface area contributed by atoms with Crippen LogP contribution in [0.5, 0.6) is 0 Å². The highest BCUT2D eigenvalue weighted by Crippen LogP contribution is 2.28. The van der Waals surface area contributed by atoms with Gasteiger partial charge in [-0.1, -0.05) is 45.4 Å². The Morgan fingerprint density at radius 2 is 1.90 bits per heavy atom. The predicted octanol–water partition coefficient (Wildman–Crippen LogP) is 3.82. The predicted molar refractivity (Wildman–Crippen MR) is 87.7 cm³/mol. The number of nitrogens with one attached hydrogen (secondary N) is 1. The van der Waals surface area contributed by atoms with Crippen LogP contribution in [0, 0.1) is 5.92 Å². The fourth-order valence-corrected chi connectivity index (χ4v) is 2.50. The maximum atomic E-state index is 12.0. The Balaban J connectivity index is 1.64. The van der Waals surface area contributed by atoms with E-state index in [9.17, 15) is 4.79 Å². The summed E-state index contributed by atoms with van der Waals surface area (Å²) in [5, 5.41) is 7.56. The zero-order chi connectivity index (χ0) is 14.9. The largest absolute Gasteiger partial charge is 0.383 e. The van der Waals surface area contributed by atoms with Gasteiger partial charge in [0.2, 0.25) is 0 Å². The van der Waals surface area contributed by atoms with Crippen molar-refractivity contribution in [3.63, 3.8) is 0 Å². The molecule has 1 aromatic heterocycles. The van der Waals surface area contributed by atoms with Crippen LogP contribution >= 0.6 is 0 Å². The molecule has 0 aromatic carbocycles. The standard InChI is InChI=1S/C17H29N3O/c1-2-3-4-5-6-7-8-11-20-17(21)12-16(14-19-20)18-13-15-9-10-15/h12,14-15,18H,2-11,13H2,1H3. The number of rotatable bonds is 11. The molecule has 0 saturated heterocycles. The van der Waals surface area contributed by atoms with Crippen molar-refractivity contribution in [2.45, 2.75) is 71.3 Å². The number of nitrogens with zero attached hydrogens (tertiary/aromatic N) is 2. The third-order valence-electron chi connectivity index (χ3n) is 4.13. The number of hydrogen-bond donors (Lipinski definition) is 1. The van der Waals surface area contributed by atoms with E-state index in [1.165, 1.54) is 51.4 Å². The number of aryl methyl sites for hydroxylation is 1. The Kier molecular flexibility index (Phi) is 6.77. The van der Waals surface area contributed by atoms with Gasteiger partial charge < -0.3 is 5.32 Å². The molecule has 1 saturated carbocycles. The molecule has 21 heavy (non-hydrogen) atoms. The minimum atomic E-state index is 0.0155. The second-order valence-corrected chi connectivity index (χ2v) is 6.25. The van der Waals surface area contributed by atoms with Gasteiger partial charge in [-0.25, -0.2) is 4.68 Å². The van der Waals surface area contributed by atoms with E-state index >= 15 is 0 Å². The van der Waals surface area contributed by atoms with Crippen molar-refractivity contribution in [1.82, 2.24) is 9.78 Å². The average molecular weight is 291 g/mol. The molecule has 0 radical (unpaired) electrons. The van der Waals surface area contributed by atoms with Crippen molar-refractivity contribution in [3.05, 3.63) is 22.6 Å². The summed E-state index contributed by atoms with van der Waals surface area (Å²) in [6.07, 6.45) is 13.2. The quantitative estimate of drug-likeness (QED) is 0.631. The third kappa shape index (κ3) is 6.32. The number of hydrogen-bond acceptors (Lipinski definition) is 3. The molecule has 4 nitrogen and oxygen atoms in total. The van der Waals surface area contributed by atoms with Crippen molar-refractivity contribution in [2.75, 3.05) is 11.9 Å². The molecule has 1 aromatic rings. The molecule has 1 aliphatic carbocycles. The molecule has 0 bridgehead atoms. The van der Waals surface area contributed by atoms with E-state index in [4.69, 9.17) is 0 Å². The van der Waals surface area contributed by atoms with Crippen molar-refractivity contribution in [1.29, 1.82) is 0 Å². The Morgan fingerprint density at radius 3 is 2.57 bits per heavy atom. The van der Waals surface area contributed by atoms with Gasteiger partial charge in [-0.2, -0.15) is 5.10 Å². The maximum Gasteiger partial charge on any atom is 0.268 e. The monoisotopic (exact) mass is 291 g/mol. The number of aromatic nitrogens is 2. The van der Waals surface area contributed by atoms with Crippen LogP contribution < -0.4 is 10.9 Å². The van der Waals surface area contributed by atoms with Gasteiger partial charge in [0.15, 0.2) is 0 Å². The Labute approximate surface area is 127 Å². The summed E-state index contributed by atoms with van der Waals surface area (Å²) in [6, 6.07) is 1.68. The molecular formula is C17H29N3O.